The summed E-state index contributed by atoms with van der Waals surface area (Å²) in [5, 5.41) is 6.13. The van der Waals surface area contributed by atoms with Gasteiger partial charge >= 0.3 is 0 Å². The zero-order chi connectivity index (χ0) is 38.2. The van der Waals surface area contributed by atoms with Crippen molar-refractivity contribution in [3.8, 4) is 22.6 Å². The van der Waals surface area contributed by atoms with E-state index in [1.807, 2.05) is 12.2 Å². The molecule has 0 saturated carbocycles. The second-order valence-electron chi connectivity index (χ2n) is 15.5. The van der Waals surface area contributed by atoms with Crippen molar-refractivity contribution in [1.29, 1.82) is 0 Å². The number of likely N-dealkylation sites (N-methyl/N-ethyl adjacent to an activating group) is 2. The van der Waals surface area contributed by atoms with E-state index in [-0.39, 0.29) is 45.8 Å². The maximum atomic E-state index is 12.4. The molecule has 0 radical (unpaired) electrons. The zero-order valence-corrected chi connectivity index (χ0v) is 37.6. The molecule has 0 heterocycles. The Morgan fingerprint density at radius 3 is 1.65 bits per heavy atom. The van der Waals surface area contributed by atoms with Gasteiger partial charge in [0, 0.05) is 18.7 Å². The number of rotatable bonds is 29. The summed E-state index contributed by atoms with van der Waals surface area (Å²) in [6.45, 7) is 17.9. The van der Waals surface area contributed by atoms with E-state index in [1.165, 1.54) is 5.56 Å². The van der Waals surface area contributed by atoms with Gasteiger partial charge in [-0.05, 0) is 92.3 Å². The predicted molar refractivity (Wildman–Crippen MR) is 218 cm³/mol. The van der Waals surface area contributed by atoms with Crippen LogP contribution in [0.15, 0.2) is 61.7 Å². The third-order valence-corrected chi connectivity index (χ3v) is 9.34. The number of carbonyl (C=O) groups excluding carboxylic acids is 2. The van der Waals surface area contributed by atoms with Gasteiger partial charge in [-0.3, -0.25) is 9.59 Å². The molecule has 2 rings (SSSR count). The summed E-state index contributed by atoms with van der Waals surface area (Å²) in [6, 6.07) is 12.8. The van der Waals surface area contributed by atoms with Crippen molar-refractivity contribution >= 4 is 11.8 Å². The van der Waals surface area contributed by atoms with Gasteiger partial charge in [0.2, 0.25) is 0 Å². The molecule has 0 unspecified atom stereocenters. The van der Waals surface area contributed by atoms with Crippen LogP contribution in [-0.2, 0) is 22.4 Å². The fourth-order valence-corrected chi connectivity index (χ4v) is 6.33. The average molecular weight is 881 g/mol. The van der Waals surface area contributed by atoms with Crippen LogP contribution in [0.3, 0.4) is 0 Å². The molecule has 2 aromatic carbocycles. The molecule has 0 aromatic heterocycles. The van der Waals surface area contributed by atoms with Crippen LogP contribution < -0.4 is 54.1 Å². The maximum Gasteiger partial charge on any atom is 0.275 e. The highest BCUT2D eigenvalue weighted by molar-refractivity contribution is 5.77. The first-order valence-electron chi connectivity index (χ1n) is 19.8. The summed E-state index contributed by atoms with van der Waals surface area (Å²) in [6.07, 6.45) is 15.8. The van der Waals surface area contributed by atoms with Crippen molar-refractivity contribution < 1.29 is 62.0 Å². The number of amides is 2. The first kappa shape index (κ1) is 51.3. The molecule has 0 bridgehead atoms. The van der Waals surface area contributed by atoms with E-state index < -0.39 is 0 Å². The molecule has 2 amide bonds. The zero-order valence-electron chi connectivity index (χ0n) is 34.5. The van der Waals surface area contributed by atoms with E-state index in [0.717, 1.165) is 125 Å². The second-order valence-corrected chi connectivity index (χ2v) is 15.5. The Bertz CT molecular complexity index is 1380. The van der Waals surface area contributed by atoms with E-state index >= 15 is 0 Å². The standard InChI is InChI=1S/C44H70N4O4.2BrH/c1-9-13-15-27-45-43(49)35-47(5,6)29-17-19-31-51-41-26-24-38(34-39(41)22-12-4)40-33-37(21-11-3)23-25-42(40)52-32-20-18-30-48(7,8)36-44(50)46-28-16-14-10-2;;/h11-12,23-26,33-34H,3-4,9-10,13-22,27-32,35-36H2,1-2,5-8H3;2*1H. The van der Waals surface area contributed by atoms with Gasteiger partial charge in [0.25, 0.3) is 11.8 Å². The number of ether oxygens (including phenoxy) is 2. The van der Waals surface area contributed by atoms with Crippen LogP contribution in [0, 0.1) is 0 Å². The normalized spacial score (nSPS) is 11.1. The molecular formula is C44H72Br2N4O4. The van der Waals surface area contributed by atoms with E-state index in [9.17, 15) is 9.59 Å². The van der Waals surface area contributed by atoms with Crippen molar-refractivity contribution in [1.82, 2.24) is 10.6 Å². The first-order chi connectivity index (χ1) is 24.9. The van der Waals surface area contributed by atoms with Crippen LogP contribution in [0.1, 0.15) is 89.2 Å². The molecular weight excluding hydrogens is 808 g/mol. The fraction of sp³-hybridized carbons (Fsp3) is 0.591. The second kappa shape index (κ2) is 28.7. The lowest BCUT2D eigenvalue weighted by atomic mass is 9.97. The van der Waals surface area contributed by atoms with Gasteiger partial charge in [-0.1, -0.05) is 63.8 Å². The van der Waals surface area contributed by atoms with E-state index in [0.29, 0.717) is 41.7 Å². The van der Waals surface area contributed by atoms with Crippen LogP contribution in [-0.4, -0.2) is 101 Å². The van der Waals surface area contributed by atoms with Crippen molar-refractivity contribution in [2.45, 2.75) is 90.9 Å². The number of allylic oxidation sites excluding steroid dienone is 2. The lowest BCUT2D eigenvalue weighted by molar-refractivity contribution is -0.882. The third kappa shape index (κ3) is 21.4. The summed E-state index contributed by atoms with van der Waals surface area (Å²) in [4.78, 5) is 24.8. The van der Waals surface area contributed by atoms with Crippen LogP contribution in [0.25, 0.3) is 11.1 Å². The Labute approximate surface area is 349 Å². The van der Waals surface area contributed by atoms with Gasteiger partial charge in [0.05, 0.1) is 54.5 Å². The van der Waals surface area contributed by atoms with Crippen LogP contribution in [0.2, 0.25) is 0 Å². The summed E-state index contributed by atoms with van der Waals surface area (Å²) in [5.41, 5.74) is 4.42. The molecule has 0 aliphatic carbocycles. The first-order valence-corrected chi connectivity index (χ1v) is 19.8. The molecule has 0 spiro atoms. The molecule has 8 nitrogen and oxygen atoms in total. The Morgan fingerprint density at radius 2 is 1.15 bits per heavy atom. The van der Waals surface area contributed by atoms with Crippen LogP contribution in [0.5, 0.6) is 11.5 Å². The van der Waals surface area contributed by atoms with Crippen molar-refractivity contribution in [3.05, 3.63) is 72.8 Å². The number of unbranched alkanes of at least 4 members (excludes halogenated alkanes) is 6. The number of halogens is 2. The predicted octanol–water partition coefficient (Wildman–Crippen LogP) is 1.90. The van der Waals surface area contributed by atoms with Gasteiger partial charge in [-0.25, -0.2) is 0 Å². The highest BCUT2D eigenvalue weighted by Gasteiger charge is 2.21. The maximum absolute atomic E-state index is 12.4. The van der Waals surface area contributed by atoms with Crippen molar-refractivity contribution in [2.24, 2.45) is 0 Å². The summed E-state index contributed by atoms with van der Waals surface area (Å²) >= 11 is 0. The summed E-state index contributed by atoms with van der Waals surface area (Å²) in [7, 11) is 8.48. The molecule has 2 N–H and O–H groups in total. The number of carbonyl (C=O) groups is 2. The molecule has 2 aromatic rings. The Morgan fingerprint density at radius 1 is 0.648 bits per heavy atom. The molecule has 306 valence electrons. The Hall–Kier alpha value is -2.66. The highest BCUT2D eigenvalue weighted by Crippen LogP contribution is 2.35. The van der Waals surface area contributed by atoms with Crippen LogP contribution in [0.4, 0.5) is 0 Å². The van der Waals surface area contributed by atoms with Crippen LogP contribution >= 0.6 is 0 Å². The van der Waals surface area contributed by atoms with Gasteiger partial charge in [0.1, 0.15) is 11.5 Å². The Balaban J connectivity index is 0.0000140. The van der Waals surface area contributed by atoms with Gasteiger partial charge in [-0.15, -0.1) is 13.2 Å². The van der Waals surface area contributed by atoms with Gasteiger partial charge < -0.3 is 63.0 Å². The monoisotopic (exact) mass is 878 g/mol. The minimum Gasteiger partial charge on any atom is -1.00 e. The number of hydrogen-bond donors (Lipinski definition) is 2. The SMILES string of the molecule is C=CCc1ccc(OCCCC[N+](C)(C)CC(=O)NCCCCC)c(-c2ccc(OCCCC[N+](C)(C)CC(=O)NCCCCC)c(CC=C)c2)c1.[Br-].[Br-]. The van der Waals surface area contributed by atoms with E-state index in [1.54, 1.807) is 0 Å². The number of benzene rings is 2. The number of nitrogens with zero attached hydrogens (tertiary/aromatic N) is 2. The number of nitrogens with one attached hydrogen (secondary N) is 2. The Kier molecular flexibility index (Phi) is 27.3. The minimum absolute atomic E-state index is 0. The summed E-state index contributed by atoms with van der Waals surface area (Å²) in [5.74, 6) is 2.00. The molecule has 10 heteroatoms. The lowest BCUT2D eigenvalue weighted by Crippen LogP contribution is -3.00. The van der Waals surface area contributed by atoms with E-state index in [2.05, 4.69) is 102 Å². The number of quaternary nitrogens is 2. The highest BCUT2D eigenvalue weighted by atomic mass is 79.9. The largest absolute Gasteiger partial charge is 1.00 e. The molecule has 0 saturated heterocycles. The molecule has 0 atom stereocenters. The number of hydrogen-bond acceptors (Lipinski definition) is 4. The smallest absolute Gasteiger partial charge is 0.275 e. The minimum atomic E-state index is 0. The summed E-state index contributed by atoms with van der Waals surface area (Å²) < 4.78 is 14.1. The molecule has 54 heavy (non-hydrogen) atoms. The van der Waals surface area contributed by atoms with Crippen molar-refractivity contribution in [3.63, 3.8) is 0 Å². The quantitative estimate of drug-likeness (QED) is 0.0745. The average Bonchev–Trinajstić information content (AvgIpc) is 3.09. The third-order valence-electron chi connectivity index (χ3n) is 9.34. The van der Waals surface area contributed by atoms with Gasteiger partial charge in [0.15, 0.2) is 13.1 Å². The lowest BCUT2D eigenvalue weighted by Gasteiger charge is -2.29. The molecule has 0 aliphatic rings. The molecule has 0 fully saturated rings. The topological polar surface area (TPSA) is 76.7 Å². The van der Waals surface area contributed by atoms with Gasteiger partial charge in [-0.2, -0.15) is 0 Å². The fourth-order valence-electron chi connectivity index (χ4n) is 6.33. The molecule has 0 aliphatic heterocycles. The van der Waals surface area contributed by atoms with E-state index in [4.69, 9.17) is 9.47 Å². The van der Waals surface area contributed by atoms with Crippen molar-refractivity contribution in [2.75, 3.05) is 80.7 Å².